The van der Waals surface area contributed by atoms with Gasteiger partial charge in [0, 0.05) is 68.2 Å². The maximum atomic E-state index is 15.7. The molecule has 1 saturated heterocycles. The van der Waals surface area contributed by atoms with Gasteiger partial charge in [-0.15, -0.1) is 0 Å². The summed E-state index contributed by atoms with van der Waals surface area (Å²) in [6, 6.07) is 2.88. The van der Waals surface area contributed by atoms with E-state index in [9.17, 15) is 27.9 Å². The van der Waals surface area contributed by atoms with E-state index in [1.54, 1.807) is 6.07 Å². The molecule has 1 atom stereocenters. The minimum Gasteiger partial charge on any atom is -0.504 e. The van der Waals surface area contributed by atoms with Crippen molar-refractivity contribution in [2.45, 2.75) is 32.2 Å². The van der Waals surface area contributed by atoms with Crippen molar-refractivity contribution in [3.8, 4) is 22.6 Å². The van der Waals surface area contributed by atoms with Crippen LogP contribution in [0.25, 0.3) is 22.2 Å². The van der Waals surface area contributed by atoms with Crippen LogP contribution in [-0.2, 0) is 31.1 Å². The number of phenolic OH excluding ortho intramolecular Hbond substituents is 1. The molecule has 4 heterocycles. The second-order valence-electron chi connectivity index (χ2n) is 11.0. The van der Waals surface area contributed by atoms with Crippen LogP contribution < -0.4 is 26.2 Å². The van der Waals surface area contributed by atoms with E-state index in [1.807, 2.05) is 14.0 Å². The molecule has 1 amide bonds. The minimum absolute atomic E-state index is 0.0430. The summed E-state index contributed by atoms with van der Waals surface area (Å²) in [6.07, 6.45) is -2.50. The molecule has 1 fully saturated rings. The Hall–Kier alpha value is -4.41. The van der Waals surface area contributed by atoms with Crippen molar-refractivity contribution in [1.29, 1.82) is 0 Å². The Morgan fingerprint density at radius 1 is 1.24 bits per heavy atom. The highest BCUT2D eigenvalue weighted by atomic mass is 35.5. The lowest BCUT2D eigenvalue weighted by Gasteiger charge is -2.39. The molecule has 0 radical (unpaired) electrons. The summed E-state index contributed by atoms with van der Waals surface area (Å²) in [7, 11) is 4.00. The predicted molar refractivity (Wildman–Crippen MR) is 164 cm³/mol. The Labute approximate surface area is 264 Å². The van der Waals surface area contributed by atoms with Gasteiger partial charge in [0.1, 0.15) is 18.0 Å². The van der Waals surface area contributed by atoms with Gasteiger partial charge in [-0.25, -0.2) is 14.4 Å². The largest absolute Gasteiger partial charge is 0.504 e. The third kappa shape index (κ3) is 5.94. The van der Waals surface area contributed by atoms with Gasteiger partial charge in [0.25, 0.3) is 5.56 Å². The average molecular weight is 667 g/mol. The number of anilines is 2. The molecule has 17 heteroatoms. The fourth-order valence-corrected chi connectivity index (χ4v) is 5.77. The summed E-state index contributed by atoms with van der Waals surface area (Å²) in [6.45, 7) is 3.42. The lowest BCUT2D eigenvalue weighted by atomic mass is 10.0. The first-order chi connectivity index (χ1) is 21.7. The Kier molecular flexibility index (Phi) is 8.90. The number of rotatable bonds is 7. The number of alkyl halides is 3. The van der Waals surface area contributed by atoms with E-state index in [4.69, 9.17) is 22.1 Å². The second-order valence-corrected chi connectivity index (χ2v) is 11.4. The Morgan fingerprint density at radius 3 is 2.59 bits per heavy atom. The summed E-state index contributed by atoms with van der Waals surface area (Å²) in [5.74, 6) is -3.93. The highest BCUT2D eigenvalue weighted by molar-refractivity contribution is 6.33. The first kappa shape index (κ1) is 33.0. The molecule has 0 unspecified atom stereocenters. The lowest BCUT2D eigenvalue weighted by molar-refractivity contribution is -0.147. The van der Waals surface area contributed by atoms with Crippen LogP contribution in [0.2, 0.25) is 5.02 Å². The Morgan fingerprint density at radius 2 is 1.96 bits per heavy atom. The molecule has 12 nitrogen and oxygen atoms in total. The van der Waals surface area contributed by atoms with E-state index in [0.29, 0.717) is 16.9 Å². The predicted octanol–water partition coefficient (Wildman–Crippen LogP) is 3.56. The van der Waals surface area contributed by atoms with Gasteiger partial charge in [0.2, 0.25) is 11.7 Å². The van der Waals surface area contributed by atoms with Gasteiger partial charge < -0.3 is 35.3 Å². The number of halogens is 5. The molecule has 4 aromatic rings. The van der Waals surface area contributed by atoms with E-state index < -0.39 is 58.4 Å². The number of ether oxygens (including phenoxy) is 1. The fourth-order valence-electron chi connectivity index (χ4n) is 5.62. The van der Waals surface area contributed by atoms with Gasteiger partial charge in [0.15, 0.2) is 17.3 Å². The molecule has 3 aromatic heterocycles. The van der Waals surface area contributed by atoms with Crippen molar-refractivity contribution in [3.05, 3.63) is 57.1 Å². The molecular formula is C29H31ClF4N8O4. The molecule has 1 aromatic carbocycles. The van der Waals surface area contributed by atoms with Crippen LogP contribution in [0.3, 0.4) is 0 Å². The number of aromatic nitrogens is 4. The number of pyridine rings is 1. The molecule has 4 N–H and O–H groups in total. The van der Waals surface area contributed by atoms with Crippen LogP contribution in [0, 0.1) is 5.82 Å². The standard InChI is InChI=1S/C29H31ClF4N8O4/c1-14-11-39(2)5-6-42(14)20-8-19(18(30)10-36-20)37-21(43)13-41-12-17(16-7-15(9-35)24(44)25(46-4)23(16)31)22-26(41)38-28(29(32,33)34)40(3)27(22)45/h7-8,10,12,14,44H,5-6,9,11,13,35H2,1-4H3,(H,36,37,43)/t14-/m0/s1. The highest BCUT2D eigenvalue weighted by Crippen LogP contribution is 2.41. The van der Waals surface area contributed by atoms with Crippen LogP contribution in [-0.4, -0.2) is 74.8 Å². The monoisotopic (exact) mass is 666 g/mol. The molecule has 46 heavy (non-hydrogen) atoms. The number of fused-ring (bicyclic) bond motifs is 1. The quantitative estimate of drug-likeness (QED) is 0.252. The summed E-state index contributed by atoms with van der Waals surface area (Å²) in [5.41, 5.74) is 3.81. The maximum Gasteiger partial charge on any atom is 0.449 e. The maximum absolute atomic E-state index is 15.7. The molecule has 0 saturated carbocycles. The number of phenols is 1. The molecular weight excluding hydrogens is 636 g/mol. The van der Waals surface area contributed by atoms with Crippen LogP contribution in [0.4, 0.5) is 29.1 Å². The molecule has 0 bridgehead atoms. The minimum atomic E-state index is -5.03. The fraction of sp³-hybridized carbons (Fsp3) is 0.379. The number of likely N-dealkylation sites (N-methyl/N-ethyl adjacent to an activating group) is 1. The first-order valence-electron chi connectivity index (χ1n) is 14.0. The zero-order chi connectivity index (χ0) is 33.7. The molecule has 5 rings (SSSR count). The van der Waals surface area contributed by atoms with E-state index in [1.165, 1.54) is 6.20 Å². The Bertz CT molecular complexity index is 1890. The van der Waals surface area contributed by atoms with Gasteiger partial charge in [-0.05, 0) is 20.0 Å². The van der Waals surface area contributed by atoms with Gasteiger partial charge in [-0.2, -0.15) is 13.2 Å². The molecule has 0 aliphatic carbocycles. The lowest BCUT2D eigenvalue weighted by Crippen LogP contribution is -2.50. The molecule has 246 valence electrons. The number of methoxy groups -OCH3 is 1. The van der Waals surface area contributed by atoms with Gasteiger partial charge in [0.05, 0.1) is 29.4 Å². The van der Waals surface area contributed by atoms with Crippen molar-refractivity contribution in [2.24, 2.45) is 12.8 Å². The molecule has 1 aliphatic rings. The van der Waals surface area contributed by atoms with Crippen molar-refractivity contribution < 1.29 is 32.2 Å². The van der Waals surface area contributed by atoms with E-state index in [-0.39, 0.29) is 40.0 Å². The number of nitrogens with one attached hydrogen (secondary N) is 1. The van der Waals surface area contributed by atoms with Crippen LogP contribution >= 0.6 is 11.6 Å². The van der Waals surface area contributed by atoms with E-state index in [2.05, 4.69) is 25.1 Å². The number of aromatic hydroxyl groups is 1. The zero-order valence-electron chi connectivity index (χ0n) is 25.2. The van der Waals surface area contributed by atoms with Crippen molar-refractivity contribution >= 4 is 40.0 Å². The topological polar surface area (TPSA) is 144 Å². The summed E-state index contributed by atoms with van der Waals surface area (Å²) in [4.78, 5) is 39.1. The molecule has 0 spiro atoms. The number of nitrogens with two attached hydrogens (primary N) is 1. The average Bonchev–Trinajstić information content (AvgIpc) is 3.33. The van der Waals surface area contributed by atoms with Gasteiger partial charge in [-0.3, -0.25) is 14.2 Å². The number of carbonyl (C=O) groups excluding carboxylic acids is 1. The number of hydrogen-bond acceptors (Lipinski definition) is 9. The number of benzene rings is 1. The molecule has 1 aliphatic heterocycles. The third-order valence-electron chi connectivity index (χ3n) is 7.89. The van der Waals surface area contributed by atoms with Crippen molar-refractivity contribution in [1.82, 2.24) is 24.0 Å². The van der Waals surface area contributed by atoms with Crippen molar-refractivity contribution in [3.63, 3.8) is 0 Å². The summed E-state index contributed by atoms with van der Waals surface area (Å²) in [5, 5.41) is 12.7. The van der Waals surface area contributed by atoms with Crippen molar-refractivity contribution in [2.75, 3.05) is 44.0 Å². The number of nitrogens with zero attached hydrogens (tertiary/aromatic N) is 6. The number of piperazine rings is 1. The van der Waals surface area contributed by atoms with E-state index >= 15 is 4.39 Å². The highest BCUT2D eigenvalue weighted by Gasteiger charge is 2.38. The van der Waals surface area contributed by atoms with Crippen LogP contribution in [0.15, 0.2) is 29.3 Å². The van der Waals surface area contributed by atoms with Gasteiger partial charge in [-0.1, -0.05) is 11.6 Å². The van der Waals surface area contributed by atoms with E-state index in [0.717, 1.165) is 44.1 Å². The number of amides is 1. The number of hydrogen-bond donors (Lipinski definition) is 3. The SMILES string of the molecule is COc1c(O)c(CN)cc(-c2cn(CC(=O)Nc3cc(N4CCN(C)C[C@@H]4C)ncc3Cl)c3nc(C(F)(F)F)n(C)c(=O)c23)c1F. The van der Waals surface area contributed by atoms with Crippen LogP contribution in [0.5, 0.6) is 11.5 Å². The van der Waals surface area contributed by atoms with Gasteiger partial charge >= 0.3 is 6.18 Å². The first-order valence-corrected chi connectivity index (χ1v) is 14.4. The second kappa shape index (κ2) is 12.4. The Balaban J connectivity index is 1.60. The smallest absolute Gasteiger partial charge is 0.449 e. The number of carbonyl (C=O) groups is 1. The normalized spacial score (nSPS) is 15.9. The zero-order valence-corrected chi connectivity index (χ0v) is 26.0. The van der Waals surface area contributed by atoms with Crippen LogP contribution in [0.1, 0.15) is 18.3 Å². The third-order valence-corrected chi connectivity index (χ3v) is 8.19. The summed E-state index contributed by atoms with van der Waals surface area (Å²) < 4.78 is 63.7. The summed E-state index contributed by atoms with van der Waals surface area (Å²) >= 11 is 6.34.